The molecule has 2 rings (SSSR count). The number of nitrogens with two attached hydrogens (primary N) is 1. The van der Waals surface area contributed by atoms with Crippen molar-refractivity contribution in [1.82, 2.24) is 9.78 Å². The number of hydrogen-bond donors (Lipinski definition) is 2. The molecule has 0 unspecified atom stereocenters. The van der Waals surface area contributed by atoms with E-state index in [-0.39, 0.29) is 9.88 Å². The third-order valence-corrected chi connectivity index (χ3v) is 4.99. The van der Waals surface area contributed by atoms with Crippen molar-refractivity contribution in [2.75, 3.05) is 4.72 Å². The summed E-state index contributed by atoms with van der Waals surface area (Å²) in [5, 5.41) is 4.12. The van der Waals surface area contributed by atoms with Crippen LogP contribution >= 0.6 is 12.2 Å². The number of nitrogens with zero attached hydrogens (tertiary/aromatic N) is 2. The van der Waals surface area contributed by atoms with Crippen LogP contribution in [0.4, 0.5) is 5.69 Å². The molecule has 0 bridgehead atoms. The lowest BCUT2D eigenvalue weighted by Gasteiger charge is -2.12. The fourth-order valence-corrected chi connectivity index (χ4v) is 3.82. The third-order valence-electron chi connectivity index (χ3n) is 3.15. The van der Waals surface area contributed by atoms with Crippen LogP contribution in [0.3, 0.4) is 0 Å². The van der Waals surface area contributed by atoms with Crippen molar-refractivity contribution in [1.29, 1.82) is 0 Å². The van der Waals surface area contributed by atoms with Gasteiger partial charge in [-0.25, -0.2) is 8.42 Å². The summed E-state index contributed by atoms with van der Waals surface area (Å²) < 4.78 is 29.2. The second kappa shape index (κ2) is 5.45. The molecule has 0 saturated carbocycles. The Bertz CT molecular complexity index is 810. The second-order valence-electron chi connectivity index (χ2n) is 4.64. The van der Waals surface area contributed by atoms with Crippen LogP contribution in [-0.4, -0.2) is 23.2 Å². The van der Waals surface area contributed by atoms with Crippen molar-refractivity contribution >= 4 is 32.9 Å². The summed E-state index contributed by atoms with van der Waals surface area (Å²) in [6.45, 7) is 3.36. The Kier molecular flexibility index (Phi) is 4.02. The maximum atomic E-state index is 12.6. The van der Waals surface area contributed by atoms with Gasteiger partial charge >= 0.3 is 0 Å². The minimum atomic E-state index is -3.76. The smallest absolute Gasteiger partial charge is 0.265 e. The predicted octanol–water partition coefficient (Wildman–Crippen LogP) is 1.47. The molecule has 0 spiro atoms. The van der Waals surface area contributed by atoms with E-state index in [9.17, 15) is 8.42 Å². The van der Waals surface area contributed by atoms with Gasteiger partial charge < -0.3 is 5.73 Å². The molecule has 0 amide bonds. The molecule has 8 heteroatoms. The van der Waals surface area contributed by atoms with Crippen molar-refractivity contribution in [3.8, 4) is 0 Å². The first-order valence-electron chi connectivity index (χ1n) is 6.16. The molecule has 6 nitrogen and oxygen atoms in total. The number of para-hydroxylation sites is 1. The molecule has 21 heavy (non-hydrogen) atoms. The first kappa shape index (κ1) is 15.5. The van der Waals surface area contributed by atoms with Gasteiger partial charge in [-0.2, -0.15) is 5.10 Å². The van der Waals surface area contributed by atoms with E-state index in [1.807, 2.05) is 0 Å². The molecule has 112 valence electrons. The highest BCUT2D eigenvalue weighted by atomic mass is 32.2. The topological polar surface area (TPSA) is 90.0 Å². The van der Waals surface area contributed by atoms with E-state index in [0.717, 1.165) is 0 Å². The summed E-state index contributed by atoms with van der Waals surface area (Å²) in [5.41, 5.74) is 7.46. The third kappa shape index (κ3) is 2.91. The molecule has 0 aliphatic carbocycles. The van der Waals surface area contributed by atoms with Gasteiger partial charge in [0.05, 0.1) is 17.1 Å². The van der Waals surface area contributed by atoms with Crippen molar-refractivity contribution in [2.45, 2.75) is 18.7 Å². The van der Waals surface area contributed by atoms with Crippen LogP contribution in [-0.2, 0) is 17.1 Å². The lowest BCUT2D eigenvalue weighted by atomic mass is 10.2. The Morgan fingerprint density at radius 2 is 1.95 bits per heavy atom. The standard InChI is InChI=1S/C13H16N4O2S2/c1-8-12(9(2)17(3)15-8)21(18,19)16-11-7-5-4-6-10(11)13(14)20/h4-7,16H,1-3H3,(H2,14,20). The van der Waals surface area contributed by atoms with Crippen LogP contribution in [0.5, 0.6) is 0 Å². The van der Waals surface area contributed by atoms with E-state index in [0.29, 0.717) is 22.6 Å². The Morgan fingerprint density at radius 1 is 1.33 bits per heavy atom. The molecule has 1 heterocycles. The maximum Gasteiger partial charge on any atom is 0.265 e. The van der Waals surface area contributed by atoms with Crippen LogP contribution in [0, 0.1) is 13.8 Å². The Balaban J connectivity index is 2.50. The van der Waals surface area contributed by atoms with E-state index in [2.05, 4.69) is 9.82 Å². The van der Waals surface area contributed by atoms with Crippen LogP contribution in [0.2, 0.25) is 0 Å². The molecule has 0 radical (unpaired) electrons. The fraction of sp³-hybridized carbons (Fsp3) is 0.231. The van der Waals surface area contributed by atoms with Crippen molar-refractivity contribution in [3.05, 3.63) is 41.2 Å². The zero-order valence-electron chi connectivity index (χ0n) is 11.9. The van der Waals surface area contributed by atoms with Gasteiger partial charge in [-0.3, -0.25) is 9.40 Å². The molecular weight excluding hydrogens is 308 g/mol. The average molecular weight is 324 g/mol. The average Bonchev–Trinajstić information content (AvgIpc) is 2.63. The normalized spacial score (nSPS) is 11.4. The van der Waals surface area contributed by atoms with Crippen LogP contribution in [0.15, 0.2) is 29.2 Å². The van der Waals surface area contributed by atoms with E-state index in [1.54, 1.807) is 45.2 Å². The monoisotopic (exact) mass is 324 g/mol. The zero-order valence-corrected chi connectivity index (χ0v) is 13.5. The summed E-state index contributed by atoms with van der Waals surface area (Å²) in [6.07, 6.45) is 0. The molecular formula is C13H16N4O2S2. The Labute approximate surface area is 129 Å². The van der Waals surface area contributed by atoms with Gasteiger partial charge in [0.25, 0.3) is 10.0 Å². The van der Waals surface area contributed by atoms with Gasteiger partial charge in [-0.1, -0.05) is 24.4 Å². The predicted molar refractivity (Wildman–Crippen MR) is 85.8 cm³/mol. The van der Waals surface area contributed by atoms with E-state index >= 15 is 0 Å². The lowest BCUT2D eigenvalue weighted by Crippen LogP contribution is -2.19. The molecule has 0 atom stereocenters. The quantitative estimate of drug-likeness (QED) is 0.831. The van der Waals surface area contributed by atoms with Gasteiger partial charge in [0.15, 0.2) is 0 Å². The first-order chi connectivity index (χ1) is 9.74. The van der Waals surface area contributed by atoms with E-state index < -0.39 is 10.0 Å². The minimum Gasteiger partial charge on any atom is -0.389 e. The molecule has 1 aromatic carbocycles. The Hall–Kier alpha value is -1.93. The van der Waals surface area contributed by atoms with Crippen molar-refractivity contribution < 1.29 is 8.42 Å². The summed E-state index contributed by atoms with van der Waals surface area (Å²) in [7, 11) is -2.06. The molecule has 3 N–H and O–H groups in total. The number of anilines is 1. The molecule has 1 aromatic heterocycles. The summed E-state index contributed by atoms with van der Waals surface area (Å²) in [5.74, 6) is 0. The van der Waals surface area contributed by atoms with E-state index in [1.165, 1.54) is 4.68 Å². The number of benzene rings is 1. The summed E-state index contributed by atoms with van der Waals surface area (Å²) >= 11 is 4.94. The minimum absolute atomic E-state index is 0.132. The number of aryl methyl sites for hydroxylation is 2. The Morgan fingerprint density at radius 3 is 2.48 bits per heavy atom. The van der Waals surface area contributed by atoms with Crippen LogP contribution < -0.4 is 10.5 Å². The number of aromatic nitrogens is 2. The molecule has 0 aliphatic rings. The maximum absolute atomic E-state index is 12.6. The number of rotatable bonds is 4. The first-order valence-corrected chi connectivity index (χ1v) is 8.05. The molecule has 0 aliphatic heterocycles. The lowest BCUT2D eigenvalue weighted by molar-refractivity contribution is 0.599. The highest BCUT2D eigenvalue weighted by molar-refractivity contribution is 7.92. The SMILES string of the molecule is Cc1nn(C)c(C)c1S(=O)(=O)Nc1ccccc1C(N)=S. The van der Waals surface area contributed by atoms with Crippen molar-refractivity contribution in [2.24, 2.45) is 12.8 Å². The highest BCUT2D eigenvalue weighted by Crippen LogP contribution is 2.24. The van der Waals surface area contributed by atoms with Crippen molar-refractivity contribution in [3.63, 3.8) is 0 Å². The van der Waals surface area contributed by atoms with Gasteiger partial charge in [-0.05, 0) is 26.0 Å². The number of hydrogen-bond acceptors (Lipinski definition) is 4. The largest absolute Gasteiger partial charge is 0.389 e. The second-order valence-corrected chi connectivity index (χ2v) is 6.70. The van der Waals surface area contributed by atoms with Crippen LogP contribution in [0.25, 0.3) is 0 Å². The fourth-order valence-electron chi connectivity index (χ4n) is 2.13. The summed E-state index contributed by atoms with van der Waals surface area (Å²) in [6, 6.07) is 6.74. The zero-order chi connectivity index (χ0) is 15.8. The summed E-state index contributed by atoms with van der Waals surface area (Å²) in [4.78, 5) is 0.302. The van der Waals surface area contributed by atoms with Gasteiger partial charge in [-0.15, -0.1) is 0 Å². The molecule has 0 fully saturated rings. The highest BCUT2D eigenvalue weighted by Gasteiger charge is 2.24. The number of nitrogens with one attached hydrogen (secondary N) is 1. The van der Waals surface area contributed by atoms with Gasteiger partial charge in [0.2, 0.25) is 0 Å². The number of thiocarbonyl (C=S) groups is 1. The van der Waals surface area contributed by atoms with Gasteiger partial charge in [0.1, 0.15) is 9.88 Å². The number of sulfonamides is 1. The van der Waals surface area contributed by atoms with Gasteiger partial charge in [0, 0.05) is 12.6 Å². The van der Waals surface area contributed by atoms with Crippen LogP contribution in [0.1, 0.15) is 17.0 Å². The molecule has 2 aromatic rings. The van der Waals surface area contributed by atoms with E-state index in [4.69, 9.17) is 18.0 Å². The molecule has 0 saturated heterocycles.